The van der Waals surface area contributed by atoms with Crippen molar-refractivity contribution in [2.24, 2.45) is 5.92 Å². The van der Waals surface area contributed by atoms with E-state index >= 15 is 0 Å². The van der Waals surface area contributed by atoms with E-state index in [1.165, 1.54) is 28.5 Å². The zero-order valence-corrected chi connectivity index (χ0v) is 11.3. The van der Waals surface area contributed by atoms with Gasteiger partial charge in [-0.05, 0) is 36.0 Å². The van der Waals surface area contributed by atoms with E-state index in [0.717, 1.165) is 19.6 Å². The molecular weight excluding hydrogens is 236 g/mol. The van der Waals surface area contributed by atoms with Crippen LogP contribution in [0.5, 0.6) is 0 Å². The van der Waals surface area contributed by atoms with Crippen LogP contribution in [0.25, 0.3) is 10.9 Å². The van der Waals surface area contributed by atoms with Crippen LogP contribution in [0, 0.1) is 5.92 Å². The zero-order valence-electron chi connectivity index (χ0n) is 11.3. The Morgan fingerprint density at radius 2 is 2.32 bits per heavy atom. The average molecular weight is 256 g/mol. The first-order chi connectivity index (χ1) is 9.36. The molecule has 2 aliphatic rings. The van der Waals surface area contributed by atoms with Gasteiger partial charge in [-0.25, -0.2) is 0 Å². The van der Waals surface area contributed by atoms with E-state index in [4.69, 9.17) is 4.74 Å². The number of nitrogens with one attached hydrogen (secondary N) is 2. The molecule has 0 radical (unpaired) electrons. The molecule has 3 nitrogen and oxygen atoms in total. The summed E-state index contributed by atoms with van der Waals surface area (Å²) in [6.45, 7) is 1.96. The minimum absolute atomic E-state index is 0.599. The Hall–Kier alpha value is -1.32. The molecule has 1 aliphatic heterocycles. The molecule has 1 aliphatic carbocycles. The molecule has 2 heterocycles. The minimum atomic E-state index is 0.599. The lowest BCUT2D eigenvalue weighted by Gasteiger charge is -2.40. The summed E-state index contributed by atoms with van der Waals surface area (Å²) in [4.78, 5) is 3.41. The third-order valence-corrected chi connectivity index (χ3v) is 4.80. The van der Waals surface area contributed by atoms with Gasteiger partial charge < -0.3 is 15.0 Å². The number of benzene rings is 1. The number of aromatic amines is 1. The maximum atomic E-state index is 5.34. The van der Waals surface area contributed by atoms with Crippen LogP contribution in [0.1, 0.15) is 23.5 Å². The molecule has 19 heavy (non-hydrogen) atoms. The fraction of sp³-hybridized carbons (Fsp3) is 0.500. The number of fused-ring (bicyclic) bond motifs is 2. The molecule has 2 aromatic rings. The summed E-state index contributed by atoms with van der Waals surface area (Å²) < 4.78 is 5.34. The molecule has 3 atom stereocenters. The number of piperidine rings is 1. The van der Waals surface area contributed by atoms with Crippen LogP contribution < -0.4 is 5.32 Å². The molecule has 100 valence electrons. The van der Waals surface area contributed by atoms with Crippen molar-refractivity contribution in [1.29, 1.82) is 0 Å². The Kier molecular flexibility index (Phi) is 2.64. The van der Waals surface area contributed by atoms with Gasteiger partial charge in [0.05, 0.1) is 6.61 Å². The number of aromatic nitrogens is 1. The van der Waals surface area contributed by atoms with Crippen molar-refractivity contribution in [2.75, 3.05) is 20.3 Å². The smallest absolute Gasteiger partial charge is 0.0502 e. The van der Waals surface area contributed by atoms with Crippen molar-refractivity contribution in [3.63, 3.8) is 0 Å². The highest BCUT2D eigenvalue weighted by atomic mass is 16.5. The van der Waals surface area contributed by atoms with E-state index in [2.05, 4.69) is 34.7 Å². The normalized spacial score (nSPS) is 29.4. The molecular formula is C16H20N2O. The maximum absolute atomic E-state index is 5.34. The molecule has 0 unspecified atom stereocenters. The van der Waals surface area contributed by atoms with Gasteiger partial charge in [0.1, 0.15) is 0 Å². The number of methoxy groups -OCH3 is 1. The van der Waals surface area contributed by atoms with Gasteiger partial charge in [-0.1, -0.05) is 12.1 Å². The van der Waals surface area contributed by atoms with Crippen molar-refractivity contribution < 1.29 is 4.74 Å². The summed E-state index contributed by atoms with van der Waals surface area (Å²) in [6, 6.07) is 7.28. The van der Waals surface area contributed by atoms with Crippen LogP contribution in [0.3, 0.4) is 0 Å². The first kappa shape index (κ1) is 11.5. The highest BCUT2D eigenvalue weighted by Gasteiger charge is 2.36. The molecule has 0 bridgehead atoms. The summed E-state index contributed by atoms with van der Waals surface area (Å²) in [5.74, 6) is 1.28. The first-order valence-electron chi connectivity index (χ1n) is 7.18. The van der Waals surface area contributed by atoms with Crippen LogP contribution in [0.15, 0.2) is 24.4 Å². The SMILES string of the molecule is COC[C@H]1CN[C@@H]2Cc3c[nH]c4cccc(c34)[C@H]2C1. The molecule has 4 rings (SSSR count). The Morgan fingerprint density at radius 1 is 1.37 bits per heavy atom. The van der Waals surface area contributed by atoms with E-state index in [0.29, 0.717) is 17.9 Å². The molecule has 1 fully saturated rings. The second-order valence-electron chi connectivity index (χ2n) is 5.97. The third-order valence-electron chi connectivity index (χ3n) is 4.80. The Balaban J connectivity index is 1.76. The number of ether oxygens (including phenoxy) is 1. The van der Waals surface area contributed by atoms with Crippen molar-refractivity contribution in [1.82, 2.24) is 10.3 Å². The van der Waals surface area contributed by atoms with Gasteiger partial charge in [-0.2, -0.15) is 0 Å². The van der Waals surface area contributed by atoms with Crippen molar-refractivity contribution in [3.05, 3.63) is 35.5 Å². The third kappa shape index (κ3) is 1.72. The molecule has 2 N–H and O–H groups in total. The van der Waals surface area contributed by atoms with Gasteiger partial charge in [0.25, 0.3) is 0 Å². The second kappa shape index (κ2) is 4.36. The van der Waals surface area contributed by atoms with Gasteiger partial charge >= 0.3 is 0 Å². The fourth-order valence-electron chi connectivity index (χ4n) is 3.98. The quantitative estimate of drug-likeness (QED) is 0.866. The van der Waals surface area contributed by atoms with Crippen LogP contribution in [-0.2, 0) is 11.2 Å². The van der Waals surface area contributed by atoms with Crippen molar-refractivity contribution in [2.45, 2.75) is 24.8 Å². The highest BCUT2D eigenvalue weighted by molar-refractivity contribution is 5.88. The summed E-state index contributed by atoms with van der Waals surface area (Å²) in [5.41, 5.74) is 4.29. The monoisotopic (exact) mass is 256 g/mol. The molecule has 0 amide bonds. The van der Waals surface area contributed by atoms with Gasteiger partial charge in [0.15, 0.2) is 0 Å². The van der Waals surface area contributed by atoms with Crippen LogP contribution >= 0.6 is 0 Å². The molecule has 0 spiro atoms. The number of H-pyrrole nitrogens is 1. The Bertz CT molecular complexity index is 604. The van der Waals surface area contributed by atoms with Gasteiger partial charge in [-0.15, -0.1) is 0 Å². The number of hydrogen-bond donors (Lipinski definition) is 2. The molecule has 1 saturated heterocycles. The van der Waals surface area contributed by atoms with E-state index in [9.17, 15) is 0 Å². The second-order valence-corrected chi connectivity index (χ2v) is 5.97. The fourth-order valence-corrected chi connectivity index (χ4v) is 3.98. The molecule has 1 aromatic carbocycles. The number of rotatable bonds is 2. The lowest BCUT2D eigenvalue weighted by Crippen LogP contribution is -2.47. The predicted octanol–water partition coefficient (Wildman–Crippen LogP) is 2.43. The average Bonchev–Trinajstić information content (AvgIpc) is 2.85. The summed E-state index contributed by atoms with van der Waals surface area (Å²) in [7, 11) is 1.80. The van der Waals surface area contributed by atoms with Crippen LogP contribution in [0.2, 0.25) is 0 Å². The Labute approximate surface area is 113 Å². The standard InChI is InChI=1S/C16H20N2O/c1-19-9-10-5-13-12-3-2-4-14-16(12)11(8-18-14)6-15(13)17-7-10/h2-4,8,10,13,15,17-18H,5-7,9H2,1H3/t10-,13-,15-/m1/s1. The van der Waals surface area contributed by atoms with E-state index in [1.807, 2.05) is 0 Å². The molecule has 3 heteroatoms. The topological polar surface area (TPSA) is 37.0 Å². The highest BCUT2D eigenvalue weighted by Crippen LogP contribution is 2.41. The van der Waals surface area contributed by atoms with Crippen molar-refractivity contribution >= 4 is 10.9 Å². The molecule has 1 aromatic heterocycles. The summed E-state index contributed by atoms with van der Waals surface area (Å²) in [6.07, 6.45) is 4.59. The van der Waals surface area contributed by atoms with Gasteiger partial charge in [-0.3, -0.25) is 0 Å². The zero-order chi connectivity index (χ0) is 12.8. The summed E-state index contributed by atoms with van der Waals surface area (Å²) >= 11 is 0. The van der Waals surface area contributed by atoms with Gasteiger partial charge in [0, 0.05) is 42.7 Å². The van der Waals surface area contributed by atoms with Crippen LogP contribution in [-0.4, -0.2) is 31.3 Å². The minimum Gasteiger partial charge on any atom is -0.384 e. The van der Waals surface area contributed by atoms with Crippen LogP contribution in [0.4, 0.5) is 0 Å². The van der Waals surface area contributed by atoms with Crippen molar-refractivity contribution in [3.8, 4) is 0 Å². The van der Waals surface area contributed by atoms with E-state index < -0.39 is 0 Å². The van der Waals surface area contributed by atoms with E-state index in [-0.39, 0.29) is 0 Å². The predicted molar refractivity (Wildman–Crippen MR) is 76.5 cm³/mol. The Morgan fingerprint density at radius 3 is 3.21 bits per heavy atom. The largest absolute Gasteiger partial charge is 0.384 e. The maximum Gasteiger partial charge on any atom is 0.0502 e. The van der Waals surface area contributed by atoms with E-state index in [1.54, 1.807) is 7.11 Å². The first-order valence-corrected chi connectivity index (χ1v) is 7.18. The molecule has 0 saturated carbocycles. The lowest BCUT2D eigenvalue weighted by molar-refractivity contribution is 0.121. The number of hydrogen-bond acceptors (Lipinski definition) is 2. The summed E-state index contributed by atoms with van der Waals surface area (Å²) in [5, 5.41) is 5.21. The van der Waals surface area contributed by atoms with Gasteiger partial charge in [0.2, 0.25) is 0 Å². The lowest BCUT2D eigenvalue weighted by atomic mass is 9.73.